The van der Waals surface area contributed by atoms with Crippen LogP contribution >= 0.6 is 0 Å². The number of ether oxygens (including phenoxy) is 1. The van der Waals surface area contributed by atoms with E-state index < -0.39 is 6.10 Å². The topological polar surface area (TPSA) is 67.4 Å². The minimum Gasteiger partial charge on any atom is -0.480 e. The molecule has 0 bridgehead atoms. The minimum absolute atomic E-state index is 0.275. The van der Waals surface area contributed by atoms with E-state index in [1.54, 1.807) is 31.2 Å². The fourth-order valence-corrected chi connectivity index (χ4v) is 3.32. The van der Waals surface area contributed by atoms with Gasteiger partial charge in [-0.3, -0.25) is 9.59 Å². The molecule has 3 aromatic carbocycles. The van der Waals surface area contributed by atoms with E-state index in [4.69, 9.17) is 4.74 Å². The molecule has 0 aliphatic rings. The highest BCUT2D eigenvalue weighted by Crippen LogP contribution is 2.24. The third kappa shape index (κ3) is 5.06. The normalized spacial score (nSPS) is 11.5. The Balaban J connectivity index is 1.73. The Labute approximate surface area is 177 Å². The number of carbonyl (C=O) groups is 2. The molecule has 0 heterocycles. The number of hydrogen-bond acceptors (Lipinski definition) is 3. The van der Waals surface area contributed by atoms with Crippen molar-refractivity contribution < 1.29 is 14.3 Å². The first kappa shape index (κ1) is 21.1. The highest BCUT2D eigenvalue weighted by Gasteiger charge is 2.20. The van der Waals surface area contributed by atoms with Gasteiger partial charge in [0.2, 0.25) is 0 Å². The van der Waals surface area contributed by atoms with Gasteiger partial charge in [0.05, 0.1) is 5.56 Å². The average Bonchev–Trinajstić information content (AvgIpc) is 2.71. The zero-order valence-corrected chi connectivity index (χ0v) is 17.7. The quantitative estimate of drug-likeness (QED) is 0.590. The molecule has 0 unspecified atom stereocenters. The monoisotopic (exact) mass is 402 g/mol. The van der Waals surface area contributed by atoms with Gasteiger partial charge in [0, 0.05) is 11.4 Å². The van der Waals surface area contributed by atoms with Crippen molar-refractivity contribution in [2.45, 2.75) is 33.8 Å². The van der Waals surface area contributed by atoms with Gasteiger partial charge >= 0.3 is 0 Å². The smallest absolute Gasteiger partial charge is 0.265 e. The van der Waals surface area contributed by atoms with E-state index in [9.17, 15) is 9.59 Å². The first-order valence-electron chi connectivity index (χ1n) is 9.86. The number of anilines is 2. The second-order valence-electron chi connectivity index (χ2n) is 7.34. The third-order valence-electron chi connectivity index (χ3n) is 4.76. The largest absolute Gasteiger partial charge is 0.480 e. The second-order valence-corrected chi connectivity index (χ2v) is 7.34. The van der Waals surface area contributed by atoms with E-state index in [0.717, 1.165) is 22.4 Å². The van der Waals surface area contributed by atoms with Crippen molar-refractivity contribution in [3.63, 3.8) is 0 Å². The number of benzene rings is 3. The summed E-state index contributed by atoms with van der Waals surface area (Å²) in [5.74, 6) is -0.219. The maximum atomic E-state index is 12.7. The summed E-state index contributed by atoms with van der Waals surface area (Å²) in [5, 5.41) is 5.79. The van der Waals surface area contributed by atoms with Crippen molar-refractivity contribution >= 4 is 23.2 Å². The Morgan fingerprint density at radius 3 is 2.10 bits per heavy atom. The molecule has 0 fully saturated rings. The van der Waals surface area contributed by atoms with Crippen LogP contribution in [0.15, 0.2) is 66.7 Å². The highest BCUT2D eigenvalue weighted by atomic mass is 16.5. The third-order valence-corrected chi connectivity index (χ3v) is 4.76. The first-order valence-corrected chi connectivity index (χ1v) is 9.86. The van der Waals surface area contributed by atoms with E-state index in [1.807, 2.05) is 63.2 Å². The van der Waals surface area contributed by atoms with Crippen molar-refractivity contribution in [3.05, 3.63) is 89.0 Å². The maximum Gasteiger partial charge on any atom is 0.265 e. The predicted molar refractivity (Wildman–Crippen MR) is 120 cm³/mol. The van der Waals surface area contributed by atoms with Crippen LogP contribution in [0.1, 0.15) is 34.0 Å². The minimum atomic E-state index is -0.782. The molecule has 3 aromatic rings. The molecule has 0 saturated carbocycles. The zero-order chi connectivity index (χ0) is 21.7. The second kappa shape index (κ2) is 9.27. The Bertz CT molecular complexity index is 1040. The first-order chi connectivity index (χ1) is 14.3. The lowest BCUT2D eigenvalue weighted by atomic mass is 10.0. The van der Waals surface area contributed by atoms with Crippen LogP contribution in [-0.4, -0.2) is 17.9 Å². The number of rotatable bonds is 6. The molecule has 5 heteroatoms. The predicted octanol–water partition coefficient (Wildman–Crippen LogP) is 5.27. The molecule has 2 N–H and O–H groups in total. The van der Waals surface area contributed by atoms with Crippen molar-refractivity contribution in [2.24, 2.45) is 0 Å². The van der Waals surface area contributed by atoms with Crippen molar-refractivity contribution in [1.82, 2.24) is 0 Å². The van der Waals surface area contributed by atoms with E-state index in [-0.39, 0.29) is 11.8 Å². The maximum absolute atomic E-state index is 12.7. The summed E-state index contributed by atoms with van der Waals surface area (Å²) in [6, 6.07) is 20.1. The van der Waals surface area contributed by atoms with E-state index in [2.05, 4.69) is 10.6 Å². The van der Waals surface area contributed by atoms with E-state index in [1.165, 1.54) is 0 Å². The Kier molecular flexibility index (Phi) is 6.52. The number of para-hydroxylation sites is 2. The molecule has 0 aliphatic carbocycles. The van der Waals surface area contributed by atoms with Crippen LogP contribution in [0.25, 0.3) is 0 Å². The highest BCUT2D eigenvalue weighted by molar-refractivity contribution is 6.06. The van der Waals surface area contributed by atoms with Gasteiger partial charge in [-0.1, -0.05) is 48.0 Å². The summed E-state index contributed by atoms with van der Waals surface area (Å²) in [5.41, 5.74) is 4.98. The summed E-state index contributed by atoms with van der Waals surface area (Å²) >= 11 is 0. The molecule has 30 heavy (non-hydrogen) atoms. The lowest BCUT2D eigenvalue weighted by Gasteiger charge is -2.19. The molecule has 0 saturated heterocycles. The summed E-state index contributed by atoms with van der Waals surface area (Å²) in [7, 11) is 0. The molecular weight excluding hydrogens is 376 g/mol. The zero-order valence-electron chi connectivity index (χ0n) is 17.7. The SMILES string of the molecule is Cc1cc(C)c(NC(=O)[C@@H](C)Oc2ccccc2C(=O)Nc2ccccc2)c(C)c1. The fourth-order valence-electron chi connectivity index (χ4n) is 3.32. The standard InChI is InChI=1S/C25H26N2O3/c1-16-14-17(2)23(18(3)15-16)27-24(28)19(4)30-22-13-9-8-12-21(22)25(29)26-20-10-6-5-7-11-20/h5-15,19H,1-4H3,(H,26,29)(H,27,28)/t19-/m1/s1. The van der Waals surface area contributed by atoms with Gasteiger partial charge in [0.1, 0.15) is 5.75 Å². The Morgan fingerprint density at radius 1 is 0.833 bits per heavy atom. The number of carbonyl (C=O) groups excluding carboxylic acids is 2. The van der Waals surface area contributed by atoms with E-state index >= 15 is 0 Å². The number of nitrogens with one attached hydrogen (secondary N) is 2. The van der Waals surface area contributed by atoms with Crippen LogP contribution < -0.4 is 15.4 Å². The van der Waals surface area contributed by atoms with Gasteiger partial charge in [0.25, 0.3) is 11.8 Å². The molecule has 154 valence electrons. The van der Waals surface area contributed by atoms with Crippen LogP contribution in [0.5, 0.6) is 5.75 Å². The number of aryl methyl sites for hydroxylation is 3. The van der Waals surface area contributed by atoms with Gasteiger partial charge in [0.15, 0.2) is 6.10 Å². The molecule has 0 aliphatic heterocycles. The van der Waals surface area contributed by atoms with Crippen molar-refractivity contribution in [2.75, 3.05) is 10.6 Å². The number of amides is 2. The number of hydrogen-bond donors (Lipinski definition) is 2. The molecule has 3 rings (SSSR count). The summed E-state index contributed by atoms with van der Waals surface area (Å²) in [4.78, 5) is 25.4. The lowest BCUT2D eigenvalue weighted by molar-refractivity contribution is -0.122. The van der Waals surface area contributed by atoms with Gasteiger partial charge < -0.3 is 15.4 Å². The van der Waals surface area contributed by atoms with E-state index in [0.29, 0.717) is 17.0 Å². The molecule has 2 amide bonds. The van der Waals surface area contributed by atoms with Crippen LogP contribution in [0.3, 0.4) is 0 Å². The fraction of sp³-hybridized carbons (Fsp3) is 0.200. The average molecular weight is 402 g/mol. The van der Waals surface area contributed by atoms with Gasteiger partial charge in [-0.2, -0.15) is 0 Å². The Morgan fingerprint density at radius 2 is 1.43 bits per heavy atom. The lowest BCUT2D eigenvalue weighted by Crippen LogP contribution is -2.31. The van der Waals surface area contributed by atoms with Crippen LogP contribution in [0.2, 0.25) is 0 Å². The van der Waals surface area contributed by atoms with Crippen molar-refractivity contribution in [3.8, 4) is 5.75 Å². The summed E-state index contributed by atoms with van der Waals surface area (Å²) < 4.78 is 5.87. The summed E-state index contributed by atoms with van der Waals surface area (Å²) in [6.45, 7) is 7.61. The van der Waals surface area contributed by atoms with Crippen molar-refractivity contribution in [1.29, 1.82) is 0 Å². The van der Waals surface area contributed by atoms with Crippen LogP contribution in [0.4, 0.5) is 11.4 Å². The molecule has 5 nitrogen and oxygen atoms in total. The molecular formula is C25H26N2O3. The molecule has 1 atom stereocenters. The van der Waals surface area contributed by atoms with Gasteiger partial charge in [-0.15, -0.1) is 0 Å². The van der Waals surface area contributed by atoms with Crippen LogP contribution in [0, 0.1) is 20.8 Å². The molecule has 0 spiro atoms. The Hall–Kier alpha value is -3.60. The van der Waals surface area contributed by atoms with Gasteiger partial charge in [-0.25, -0.2) is 0 Å². The molecule has 0 aromatic heterocycles. The van der Waals surface area contributed by atoms with Crippen LogP contribution in [-0.2, 0) is 4.79 Å². The summed E-state index contributed by atoms with van der Waals surface area (Å²) in [6.07, 6.45) is -0.782. The molecule has 0 radical (unpaired) electrons. The van der Waals surface area contributed by atoms with Gasteiger partial charge in [-0.05, 0) is 63.1 Å².